The van der Waals surface area contributed by atoms with Crippen molar-refractivity contribution < 1.29 is 0 Å². The Morgan fingerprint density at radius 3 is 2.76 bits per heavy atom. The smallest absolute Gasteiger partial charge is 0.261 e. The van der Waals surface area contributed by atoms with E-state index in [1.54, 1.807) is 10.6 Å². The maximum Gasteiger partial charge on any atom is 0.261 e. The van der Waals surface area contributed by atoms with Crippen LogP contribution < -0.4 is 5.56 Å². The first-order chi connectivity index (χ1) is 10.0. The van der Waals surface area contributed by atoms with Gasteiger partial charge in [-0.1, -0.05) is 29.8 Å². The Hall–Kier alpha value is -2.13. The van der Waals surface area contributed by atoms with Gasteiger partial charge in [0, 0.05) is 29.4 Å². The van der Waals surface area contributed by atoms with Gasteiger partial charge in [0.05, 0.1) is 0 Å². The number of aryl methyl sites for hydroxylation is 2. The highest BCUT2D eigenvalue weighted by atomic mass is 35.5. The molecule has 3 rings (SSSR count). The number of hydrogen-bond donors (Lipinski definition) is 0. The molecule has 4 heteroatoms. The predicted octanol–water partition coefficient (Wildman–Crippen LogP) is 3.56. The minimum atomic E-state index is -0.0173. The van der Waals surface area contributed by atoms with Crippen molar-refractivity contribution in [3.05, 3.63) is 80.4 Å². The second-order valence-electron chi connectivity index (χ2n) is 5.28. The third-order valence-electron chi connectivity index (χ3n) is 3.54. The quantitative estimate of drug-likeness (QED) is 0.725. The van der Waals surface area contributed by atoms with Crippen molar-refractivity contribution in [2.45, 2.75) is 20.3 Å². The van der Waals surface area contributed by atoms with Gasteiger partial charge in [0.2, 0.25) is 0 Å². The van der Waals surface area contributed by atoms with Crippen molar-refractivity contribution >= 4 is 17.2 Å². The lowest BCUT2D eigenvalue weighted by Gasteiger charge is -2.06. The van der Waals surface area contributed by atoms with Crippen molar-refractivity contribution in [3.8, 4) is 0 Å². The number of pyridine rings is 1. The molecule has 0 aliphatic heterocycles. The molecule has 0 N–H and O–H groups in total. The highest BCUT2D eigenvalue weighted by Gasteiger charge is 2.07. The number of rotatable bonds is 2. The molecule has 1 aromatic carbocycles. The Balaban J connectivity index is 2.06. The van der Waals surface area contributed by atoms with E-state index in [0.717, 1.165) is 21.7 Å². The first-order valence-corrected chi connectivity index (χ1v) is 7.14. The molecule has 3 nitrogen and oxygen atoms in total. The van der Waals surface area contributed by atoms with Crippen molar-refractivity contribution in [3.63, 3.8) is 0 Å². The number of nitrogens with zero attached hydrogens (tertiary/aromatic N) is 2. The predicted molar refractivity (Wildman–Crippen MR) is 85.2 cm³/mol. The minimum Gasteiger partial charge on any atom is -0.269 e. The normalized spacial score (nSPS) is 11.0. The van der Waals surface area contributed by atoms with E-state index in [-0.39, 0.29) is 5.56 Å². The third kappa shape index (κ3) is 2.69. The third-order valence-corrected chi connectivity index (χ3v) is 3.96. The molecule has 106 valence electrons. The summed E-state index contributed by atoms with van der Waals surface area (Å²) in [4.78, 5) is 16.9. The Kier molecular flexibility index (Phi) is 3.52. The zero-order valence-electron chi connectivity index (χ0n) is 11.9. The van der Waals surface area contributed by atoms with Crippen LogP contribution in [0, 0.1) is 13.8 Å². The topological polar surface area (TPSA) is 34.4 Å². The van der Waals surface area contributed by atoms with Crippen molar-refractivity contribution in [1.29, 1.82) is 0 Å². The molecule has 0 fully saturated rings. The van der Waals surface area contributed by atoms with E-state index in [4.69, 9.17) is 11.6 Å². The SMILES string of the molecule is Cc1ccc2ncc(Cc3ccc(Cl)c(C)c3)c(=O)n2c1. The van der Waals surface area contributed by atoms with Crippen LogP contribution in [-0.2, 0) is 6.42 Å². The molecule has 0 saturated heterocycles. The molecule has 2 heterocycles. The molecule has 0 bridgehead atoms. The number of halogens is 1. The Morgan fingerprint density at radius 1 is 1.19 bits per heavy atom. The molecule has 2 aromatic heterocycles. The van der Waals surface area contributed by atoms with Crippen LogP contribution >= 0.6 is 11.6 Å². The first kappa shape index (κ1) is 13.8. The maximum atomic E-state index is 12.5. The maximum absolute atomic E-state index is 12.5. The minimum absolute atomic E-state index is 0.0173. The molecule has 0 saturated carbocycles. The van der Waals surface area contributed by atoms with Gasteiger partial charge in [0.1, 0.15) is 5.65 Å². The molecule has 0 radical (unpaired) electrons. The van der Waals surface area contributed by atoms with Crippen LogP contribution in [0.4, 0.5) is 0 Å². The second kappa shape index (κ2) is 5.34. The zero-order chi connectivity index (χ0) is 15.0. The van der Waals surface area contributed by atoms with Crippen LogP contribution in [0.25, 0.3) is 5.65 Å². The fraction of sp³-hybridized carbons (Fsp3) is 0.176. The van der Waals surface area contributed by atoms with Crippen molar-refractivity contribution in [1.82, 2.24) is 9.38 Å². The Bertz CT molecular complexity index is 884. The van der Waals surface area contributed by atoms with Gasteiger partial charge in [-0.2, -0.15) is 0 Å². The highest BCUT2D eigenvalue weighted by molar-refractivity contribution is 6.31. The van der Waals surface area contributed by atoms with E-state index in [1.165, 1.54) is 0 Å². The molecular weight excluding hydrogens is 284 g/mol. The van der Waals surface area contributed by atoms with E-state index in [0.29, 0.717) is 17.6 Å². The first-order valence-electron chi connectivity index (χ1n) is 6.76. The van der Waals surface area contributed by atoms with Crippen LogP contribution in [0.3, 0.4) is 0 Å². The molecule has 0 spiro atoms. The molecule has 0 aliphatic rings. The zero-order valence-corrected chi connectivity index (χ0v) is 12.7. The van der Waals surface area contributed by atoms with E-state index < -0.39 is 0 Å². The van der Waals surface area contributed by atoms with Gasteiger partial charge in [0.25, 0.3) is 5.56 Å². The molecule has 0 aliphatic carbocycles. The summed E-state index contributed by atoms with van der Waals surface area (Å²) < 4.78 is 1.60. The number of hydrogen-bond acceptors (Lipinski definition) is 2. The molecule has 0 atom stereocenters. The molecule has 21 heavy (non-hydrogen) atoms. The average molecular weight is 299 g/mol. The highest BCUT2D eigenvalue weighted by Crippen LogP contribution is 2.17. The summed E-state index contributed by atoms with van der Waals surface area (Å²) in [5.41, 5.74) is 4.44. The monoisotopic (exact) mass is 298 g/mol. The van der Waals surface area contributed by atoms with E-state index in [2.05, 4.69) is 4.98 Å². The van der Waals surface area contributed by atoms with Crippen LogP contribution in [0.15, 0.2) is 47.5 Å². The van der Waals surface area contributed by atoms with Gasteiger partial charge in [-0.05, 0) is 42.7 Å². The lowest BCUT2D eigenvalue weighted by Crippen LogP contribution is -2.19. The molecule has 0 amide bonds. The van der Waals surface area contributed by atoms with Crippen LogP contribution in [0.1, 0.15) is 22.3 Å². The summed E-state index contributed by atoms with van der Waals surface area (Å²) in [5.74, 6) is 0. The van der Waals surface area contributed by atoms with Gasteiger partial charge >= 0.3 is 0 Å². The van der Waals surface area contributed by atoms with E-state index in [1.807, 2.05) is 50.4 Å². The van der Waals surface area contributed by atoms with E-state index >= 15 is 0 Å². The lowest BCUT2D eigenvalue weighted by atomic mass is 10.1. The summed E-state index contributed by atoms with van der Waals surface area (Å²) in [6.45, 7) is 3.92. The number of benzene rings is 1. The lowest BCUT2D eigenvalue weighted by molar-refractivity contribution is 0.974. The summed E-state index contributed by atoms with van der Waals surface area (Å²) in [6.07, 6.45) is 4.04. The Morgan fingerprint density at radius 2 is 2.00 bits per heavy atom. The van der Waals surface area contributed by atoms with Gasteiger partial charge < -0.3 is 0 Å². The van der Waals surface area contributed by atoms with Crippen LogP contribution in [0.2, 0.25) is 5.02 Å². The van der Waals surface area contributed by atoms with Crippen molar-refractivity contribution in [2.24, 2.45) is 0 Å². The van der Waals surface area contributed by atoms with Crippen LogP contribution in [-0.4, -0.2) is 9.38 Å². The van der Waals surface area contributed by atoms with Gasteiger partial charge in [-0.15, -0.1) is 0 Å². The summed E-state index contributed by atoms with van der Waals surface area (Å²) in [6, 6.07) is 9.62. The molecule has 3 aromatic rings. The fourth-order valence-corrected chi connectivity index (χ4v) is 2.50. The average Bonchev–Trinajstić information content (AvgIpc) is 2.46. The number of aromatic nitrogens is 2. The molecular formula is C17H15ClN2O. The standard InChI is InChI=1S/C17H15ClN2O/c1-11-3-6-16-19-9-14(17(21)20(16)10-11)8-13-4-5-15(18)12(2)7-13/h3-7,9-10H,8H2,1-2H3. The van der Waals surface area contributed by atoms with Gasteiger partial charge in [-0.3, -0.25) is 9.20 Å². The summed E-state index contributed by atoms with van der Waals surface area (Å²) >= 11 is 6.03. The van der Waals surface area contributed by atoms with E-state index in [9.17, 15) is 4.79 Å². The fourth-order valence-electron chi connectivity index (χ4n) is 2.38. The second-order valence-corrected chi connectivity index (χ2v) is 5.69. The molecule has 0 unspecified atom stereocenters. The van der Waals surface area contributed by atoms with Gasteiger partial charge in [0.15, 0.2) is 0 Å². The van der Waals surface area contributed by atoms with Gasteiger partial charge in [-0.25, -0.2) is 4.98 Å². The van der Waals surface area contributed by atoms with Crippen molar-refractivity contribution in [2.75, 3.05) is 0 Å². The Labute approximate surface area is 127 Å². The van der Waals surface area contributed by atoms with Crippen LogP contribution in [0.5, 0.6) is 0 Å². The largest absolute Gasteiger partial charge is 0.269 e. The summed E-state index contributed by atoms with van der Waals surface area (Å²) in [7, 11) is 0. The number of fused-ring (bicyclic) bond motifs is 1. The summed E-state index contributed by atoms with van der Waals surface area (Å²) in [5, 5.41) is 0.739.